The van der Waals surface area contributed by atoms with Crippen molar-refractivity contribution in [2.45, 2.75) is 26.7 Å². The third-order valence-electron chi connectivity index (χ3n) is 8.04. The number of benzene rings is 6. The van der Waals surface area contributed by atoms with E-state index in [1.54, 1.807) is 37.3 Å². The second-order valence-electron chi connectivity index (χ2n) is 11.4. The highest BCUT2D eigenvalue weighted by Gasteiger charge is 2.23. The lowest BCUT2D eigenvalue weighted by molar-refractivity contribution is 0.447. The molecule has 0 aliphatic heterocycles. The van der Waals surface area contributed by atoms with E-state index in [2.05, 4.69) is 11.8 Å². The first-order valence-electron chi connectivity index (χ1n) is 14.9. The Morgan fingerprint density at radius 3 is 1.85 bits per heavy atom. The van der Waals surface area contributed by atoms with Gasteiger partial charge in [-0.15, -0.1) is 0 Å². The summed E-state index contributed by atoms with van der Waals surface area (Å²) < 4.78 is 117. The summed E-state index contributed by atoms with van der Waals surface area (Å²) in [7, 11) is 0. The number of hydrogen-bond acceptors (Lipinski definition) is 0. The van der Waals surface area contributed by atoms with E-state index < -0.39 is 57.2 Å². The molecule has 6 aromatic carbocycles. The first kappa shape index (κ1) is 32.5. The fraction of sp³-hybridized carbons (Fsp3) is 0.100. The minimum absolute atomic E-state index is 0.00119. The van der Waals surface area contributed by atoms with Crippen LogP contribution in [0.25, 0.3) is 44.2 Å². The quantitative estimate of drug-likeness (QED) is 0.0984. The standard InChI is InChI=1S/C40H24F8/c1-3-4-24-15-30(32(42)16-25(24)11-8-22-6-9-23(10-7-22)29-12-5-21(2)13-31(29)41)26-14-27-18-34(44)38(40(48)37(27)33(43)17-26)28-19-35(45)39(47)36(46)20-28/h5-7,9-10,12-20H,3-4H2,1-2H3. The third kappa shape index (κ3) is 6.16. The minimum atomic E-state index is -1.82. The highest BCUT2D eigenvalue weighted by Crippen LogP contribution is 2.37. The normalized spacial score (nSPS) is 11.1. The van der Waals surface area contributed by atoms with Gasteiger partial charge in [0.05, 0.1) is 10.9 Å². The number of fused-ring (bicyclic) bond motifs is 1. The van der Waals surface area contributed by atoms with Gasteiger partial charge in [-0.3, -0.25) is 0 Å². The molecule has 6 aromatic rings. The summed E-state index contributed by atoms with van der Waals surface area (Å²) in [6.07, 6.45) is 1.17. The molecule has 0 fully saturated rings. The van der Waals surface area contributed by atoms with Crippen molar-refractivity contribution >= 4 is 10.8 Å². The van der Waals surface area contributed by atoms with Crippen LogP contribution in [-0.2, 0) is 6.42 Å². The van der Waals surface area contributed by atoms with E-state index in [1.165, 1.54) is 24.3 Å². The summed E-state index contributed by atoms with van der Waals surface area (Å²) in [5.41, 5.74) is 1.99. The molecule has 0 heterocycles. The van der Waals surface area contributed by atoms with Crippen LogP contribution in [0.4, 0.5) is 35.1 Å². The van der Waals surface area contributed by atoms with E-state index in [0.29, 0.717) is 52.8 Å². The fourth-order valence-electron chi connectivity index (χ4n) is 5.69. The van der Waals surface area contributed by atoms with Crippen molar-refractivity contribution < 1.29 is 35.1 Å². The molecule has 0 bridgehead atoms. The van der Waals surface area contributed by atoms with Crippen LogP contribution in [0.2, 0.25) is 0 Å². The first-order valence-corrected chi connectivity index (χ1v) is 14.9. The van der Waals surface area contributed by atoms with E-state index in [4.69, 9.17) is 0 Å². The van der Waals surface area contributed by atoms with E-state index in [9.17, 15) is 17.6 Å². The summed E-state index contributed by atoms with van der Waals surface area (Å²) in [4.78, 5) is 0. The zero-order chi connectivity index (χ0) is 34.3. The molecule has 0 aliphatic rings. The molecule has 6 rings (SSSR count). The maximum atomic E-state index is 15.6. The Bertz CT molecular complexity index is 2270. The molecule has 0 amide bonds. The summed E-state index contributed by atoms with van der Waals surface area (Å²) in [5.74, 6) is -4.15. The highest BCUT2D eigenvalue weighted by atomic mass is 19.2. The van der Waals surface area contributed by atoms with Crippen LogP contribution in [0.1, 0.15) is 35.6 Å². The van der Waals surface area contributed by atoms with Gasteiger partial charge in [-0.2, -0.15) is 0 Å². The molecule has 0 nitrogen and oxygen atoms in total. The van der Waals surface area contributed by atoms with Crippen LogP contribution >= 0.6 is 0 Å². The predicted molar refractivity (Wildman–Crippen MR) is 171 cm³/mol. The van der Waals surface area contributed by atoms with Crippen molar-refractivity contribution in [1.82, 2.24) is 0 Å². The van der Waals surface area contributed by atoms with Crippen molar-refractivity contribution in [3.63, 3.8) is 0 Å². The molecule has 0 atom stereocenters. The second-order valence-corrected chi connectivity index (χ2v) is 11.4. The number of hydrogen-bond donors (Lipinski definition) is 0. The number of halogens is 8. The lowest BCUT2D eigenvalue weighted by atomic mass is 9.93. The minimum Gasteiger partial charge on any atom is -0.206 e. The van der Waals surface area contributed by atoms with Crippen LogP contribution in [-0.4, -0.2) is 0 Å². The Balaban J connectivity index is 1.37. The second kappa shape index (κ2) is 13.0. The first-order chi connectivity index (χ1) is 22.9. The fourth-order valence-corrected chi connectivity index (χ4v) is 5.69. The summed E-state index contributed by atoms with van der Waals surface area (Å²) in [6, 6.07) is 18.3. The molecular weight excluding hydrogens is 632 g/mol. The molecule has 0 radical (unpaired) electrons. The van der Waals surface area contributed by atoms with Gasteiger partial charge < -0.3 is 0 Å². The Morgan fingerprint density at radius 1 is 0.521 bits per heavy atom. The molecule has 0 saturated heterocycles. The summed E-state index contributed by atoms with van der Waals surface area (Å²) >= 11 is 0. The molecule has 0 aromatic heterocycles. The van der Waals surface area contributed by atoms with Crippen molar-refractivity contribution in [3.8, 4) is 45.2 Å². The smallest absolute Gasteiger partial charge is 0.194 e. The molecule has 0 N–H and O–H groups in total. The van der Waals surface area contributed by atoms with E-state index in [-0.39, 0.29) is 22.3 Å². The lowest BCUT2D eigenvalue weighted by Crippen LogP contribution is -1.99. The number of rotatable bonds is 5. The number of aryl methyl sites for hydroxylation is 2. The van der Waals surface area contributed by atoms with Crippen molar-refractivity contribution in [2.24, 2.45) is 0 Å². The van der Waals surface area contributed by atoms with Crippen LogP contribution in [0.15, 0.2) is 84.9 Å². The van der Waals surface area contributed by atoms with Crippen LogP contribution in [0, 0.1) is 65.3 Å². The Labute approximate surface area is 271 Å². The molecule has 0 spiro atoms. The zero-order valence-corrected chi connectivity index (χ0v) is 25.5. The lowest BCUT2D eigenvalue weighted by Gasteiger charge is -2.14. The van der Waals surface area contributed by atoms with Gasteiger partial charge in [0.1, 0.15) is 29.1 Å². The average molecular weight is 657 g/mol. The van der Waals surface area contributed by atoms with Gasteiger partial charge in [0, 0.05) is 22.3 Å². The monoisotopic (exact) mass is 656 g/mol. The molecule has 8 heteroatoms. The van der Waals surface area contributed by atoms with E-state index >= 15 is 17.6 Å². The van der Waals surface area contributed by atoms with Gasteiger partial charge in [0.25, 0.3) is 0 Å². The Kier molecular flexibility index (Phi) is 8.81. The molecule has 0 saturated carbocycles. The SMILES string of the molecule is CCCc1cc(-c2cc(F)c3c(F)c(-c4cc(F)c(F)c(F)c4)c(F)cc3c2)c(F)cc1C#Cc1ccc(-c2ccc(C)cc2F)cc1. The van der Waals surface area contributed by atoms with Gasteiger partial charge >= 0.3 is 0 Å². The van der Waals surface area contributed by atoms with Crippen LogP contribution < -0.4 is 0 Å². The summed E-state index contributed by atoms with van der Waals surface area (Å²) in [5, 5.41) is -0.950. The van der Waals surface area contributed by atoms with Gasteiger partial charge in [0.2, 0.25) is 0 Å². The molecular formula is C40H24F8. The third-order valence-corrected chi connectivity index (χ3v) is 8.04. The average Bonchev–Trinajstić information content (AvgIpc) is 3.03. The molecule has 0 unspecified atom stereocenters. The van der Waals surface area contributed by atoms with Crippen molar-refractivity contribution in [1.29, 1.82) is 0 Å². The largest absolute Gasteiger partial charge is 0.206 e. The maximum Gasteiger partial charge on any atom is 0.194 e. The molecule has 0 aliphatic carbocycles. The molecule has 240 valence electrons. The summed E-state index contributed by atoms with van der Waals surface area (Å²) in [6.45, 7) is 3.72. The van der Waals surface area contributed by atoms with Crippen molar-refractivity contribution in [3.05, 3.63) is 154 Å². The van der Waals surface area contributed by atoms with Gasteiger partial charge in [0.15, 0.2) is 17.5 Å². The van der Waals surface area contributed by atoms with Crippen molar-refractivity contribution in [2.75, 3.05) is 0 Å². The van der Waals surface area contributed by atoms with Gasteiger partial charge in [-0.1, -0.05) is 49.5 Å². The van der Waals surface area contributed by atoms with E-state index in [0.717, 1.165) is 17.7 Å². The predicted octanol–water partition coefficient (Wildman–Crippen LogP) is 11.6. The van der Waals surface area contributed by atoms with Gasteiger partial charge in [-0.05, 0) is 107 Å². The van der Waals surface area contributed by atoms with E-state index in [1.807, 2.05) is 13.0 Å². The Morgan fingerprint density at radius 2 is 1.19 bits per heavy atom. The Hall–Kier alpha value is -5.42. The van der Waals surface area contributed by atoms with Gasteiger partial charge in [-0.25, -0.2) is 35.1 Å². The van der Waals surface area contributed by atoms with Crippen LogP contribution in [0.5, 0.6) is 0 Å². The van der Waals surface area contributed by atoms with Crippen LogP contribution in [0.3, 0.4) is 0 Å². The molecule has 48 heavy (non-hydrogen) atoms. The highest BCUT2D eigenvalue weighted by molar-refractivity contribution is 5.92. The maximum absolute atomic E-state index is 15.6. The topological polar surface area (TPSA) is 0 Å². The zero-order valence-electron chi connectivity index (χ0n) is 25.5.